The smallest absolute Gasteiger partial charge is 0.349 e. The van der Waals surface area contributed by atoms with Crippen molar-refractivity contribution in [3.05, 3.63) is 34.9 Å². The van der Waals surface area contributed by atoms with Crippen LogP contribution < -0.4 is 5.32 Å². The summed E-state index contributed by atoms with van der Waals surface area (Å²) < 4.78 is 78.2. The third-order valence-corrected chi connectivity index (χ3v) is 6.37. The van der Waals surface area contributed by atoms with E-state index < -0.39 is 35.0 Å². The zero-order valence-electron chi connectivity index (χ0n) is 17.9. The molecule has 1 saturated heterocycles. The van der Waals surface area contributed by atoms with Gasteiger partial charge in [0.05, 0.1) is 11.1 Å². The van der Waals surface area contributed by atoms with Crippen LogP contribution in [-0.2, 0) is 12.4 Å². The highest BCUT2D eigenvalue weighted by Gasteiger charge is 2.55. The monoisotopic (exact) mass is 450 g/mol. The quantitative estimate of drug-likeness (QED) is 0.593. The lowest BCUT2D eigenvalue weighted by atomic mass is 9.89. The molecule has 3 nitrogen and oxygen atoms in total. The van der Waals surface area contributed by atoms with Gasteiger partial charge in [0.25, 0.3) is 5.91 Å². The molecule has 174 valence electrons. The number of amides is 1. The number of alkyl halides is 6. The number of nitrogens with zero attached hydrogens (tertiary/aromatic N) is 1. The topological polar surface area (TPSA) is 32.3 Å². The van der Waals surface area contributed by atoms with Crippen LogP contribution in [0.5, 0.6) is 0 Å². The standard InChI is InChI=1S/C22H28F6N2O/c1-19(2,3)4-7-30-8-5-20(6-9-30)13-17(20)29-18(31)14-10-15(21(23,24)25)12-16(11-14)22(26,27)28/h10-12,17H,4-9,13H2,1-3H3,(H,29,31). The zero-order valence-corrected chi connectivity index (χ0v) is 17.9. The molecule has 1 heterocycles. The molecule has 1 N–H and O–H groups in total. The summed E-state index contributed by atoms with van der Waals surface area (Å²) in [4.78, 5) is 14.9. The Kier molecular flexibility index (Phi) is 6.14. The van der Waals surface area contributed by atoms with Gasteiger partial charge in [-0.3, -0.25) is 4.79 Å². The molecule has 0 aromatic heterocycles. The molecule has 1 unspecified atom stereocenters. The number of benzene rings is 1. The van der Waals surface area contributed by atoms with Crippen molar-refractivity contribution in [2.24, 2.45) is 10.8 Å². The number of halogens is 6. The van der Waals surface area contributed by atoms with Crippen LogP contribution >= 0.6 is 0 Å². The van der Waals surface area contributed by atoms with E-state index in [2.05, 4.69) is 31.0 Å². The van der Waals surface area contributed by atoms with E-state index in [1.807, 2.05) is 0 Å². The molecule has 1 aromatic rings. The van der Waals surface area contributed by atoms with Crippen LogP contribution in [0.1, 0.15) is 67.9 Å². The van der Waals surface area contributed by atoms with Gasteiger partial charge in [-0.25, -0.2) is 0 Å². The summed E-state index contributed by atoms with van der Waals surface area (Å²) in [5.74, 6) is -0.895. The zero-order chi connectivity index (χ0) is 23.2. The van der Waals surface area contributed by atoms with E-state index in [-0.39, 0.29) is 22.9 Å². The molecule has 1 spiro atoms. The molecule has 1 saturated carbocycles. The Balaban J connectivity index is 1.63. The van der Waals surface area contributed by atoms with Gasteiger partial charge in [-0.15, -0.1) is 0 Å². The van der Waals surface area contributed by atoms with E-state index in [0.29, 0.717) is 18.6 Å². The first-order valence-corrected chi connectivity index (χ1v) is 10.4. The molecule has 9 heteroatoms. The minimum absolute atomic E-state index is 0.0305. The van der Waals surface area contributed by atoms with E-state index in [0.717, 1.165) is 38.9 Å². The van der Waals surface area contributed by atoms with E-state index in [4.69, 9.17) is 0 Å². The van der Waals surface area contributed by atoms with Crippen LogP contribution in [0.3, 0.4) is 0 Å². The van der Waals surface area contributed by atoms with E-state index in [9.17, 15) is 31.1 Å². The summed E-state index contributed by atoms with van der Waals surface area (Å²) in [5.41, 5.74) is -3.43. The second kappa shape index (κ2) is 7.98. The van der Waals surface area contributed by atoms with Crippen molar-refractivity contribution in [1.82, 2.24) is 10.2 Å². The van der Waals surface area contributed by atoms with Crippen molar-refractivity contribution in [3.8, 4) is 0 Å². The van der Waals surface area contributed by atoms with Gasteiger partial charge in [0.1, 0.15) is 0 Å². The summed E-state index contributed by atoms with van der Waals surface area (Å²) >= 11 is 0. The number of hydrogen-bond acceptors (Lipinski definition) is 2. The summed E-state index contributed by atoms with van der Waals surface area (Å²) in [6.45, 7) is 9.30. The second-order valence-corrected chi connectivity index (χ2v) is 10.0. The molecule has 2 fully saturated rings. The lowest BCUT2D eigenvalue weighted by Gasteiger charge is -2.34. The summed E-state index contributed by atoms with van der Waals surface area (Å²) in [7, 11) is 0. The highest BCUT2D eigenvalue weighted by Crippen LogP contribution is 2.54. The molecule has 1 atom stereocenters. The minimum Gasteiger partial charge on any atom is -0.349 e. The van der Waals surface area contributed by atoms with Crippen molar-refractivity contribution in [2.75, 3.05) is 19.6 Å². The average molecular weight is 450 g/mol. The molecule has 0 radical (unpaired) electrons. The fourth-order valence-electron chi connectivity index (χ4n) is 4.15. The molecule has 1 amide bonds. The molecule has 31 heavy (non-hydrogen) atoms. The lowest BCUT2D eigenvalue weighted by Crippen LogP contribution is -2.39. The first-order valence-electron chi connectivity index (χ1n) is 10.4. The lowest BCUT2D eigenvalue weighted by molar-refractivity contribution is -0.143. The molecule has 2 aliphatic rings. The van der Waals surface area contributed by atoms with Crippen molar-refractivity contribution in [2.45, 2.75) is 64.8 Å². The molecule has 1 aliphatic heterocycles. The van der Waals surface area contributed by atoms with Crippen molar-refractivity contribution >= 4 is 5.91 Å². The van der Waals surface area contributed by atoms with Gasteiger partial charge in [0.2, 0.25) is 0 Å². The Morgan fingerprint density at radius 1 is 1.00 bits per heavy atom. The Bertz CT molecular complexity index is 785. The predicted octanol–water partition coefficient (Wildman–Crippen LogP) is 5.74. The van der Waals surface area contributed by atoms with Crippen LogP contribution in [0.15, 0.2) is 18.2 Å². The summed E-state index contributed by atoms with van der Waals surface area (Å²) in [5, 5.41) is 2.67. The van der Waals surface area contributed by atoms with Crippen LogP contribution in [0.4, 0.5) is 26.3 Å². The van der Waals surface area contributed by atoms with Crippen LogP contribution in [0.2, 0.25) is 0 Å². The van der Waals surface area contributed by atoms with Gasteiger partial charge in [-0.2, -0.15) is 26.3 Å². The van der Waals surface area contributed by atoms with Crippen molar-refractivity contribution in [3.63, 3.8) is 0 Å². The number of hydrogen-bond donors (Lipinski definition) is 1. The average Bonchev–Trinajstić information content (AvgIpc) is 3.29. The molecule has 3 rings (SSSR count). The van der Waals surface area contributed by atoms with Gasteiger partial charge in [0, 0.05) is 11.6 Å². The van der Waals surface area contributed by atoms with Crippen LogP contribution in [0, 0.1) is 10.8 Å². The Morgan fingerprint density at radius 3 is 1.97 bits per heavy atom. The van der Waals surface area contributed by atoms with Gasteiger partial charge in [0.15, 0.2) is 0 Å². The summed E-state index contributed by atoms with van der Waals surface area (Å²) in [6.07, 6.45) is -6.46. The number of nitrogens with one attached hydrogen (secondary N) is 1. The first-order chi connectivity index (χ1) is 14.1. The second-order valence-electron chi connectivity index (χ2n) is 10.0. The number of likely N-dealkylation sites (tertiary alicyclic amines) is 1. The Morgan fingerprint density at radius 2 is 1.52 bits per heavy atom. The van der Waals surface area contributed by atoms with E-state index >= 15 is 0 Å². The molecule has 1 aromatic carbocycles. The van der Waals surface area contributed by atoms with Crippen molar-refractivity contribution in [1.29, 1.82) is 0 Å². The maximum Gasteiger partial charge on any atom is 0.416 e. The van der Waals surface area contributed by atoms with Crippen molar-refractivity contribution < 1.29 is 31.1 Å². The highest BCUT2D eigenvalue weighted by atomic mass is 19.4. The van der Waals surface area contributed by atoms with Gasteiger partial charge < -0.3 is 10.2 Å². The predicted molar refractivity (Wildman–Crippen MR) is 104 cm³/mol. The third-order valence-electron chi connectivity index (χ3n) is 6.37. The molecular formula is C22H28F6N2O. The number of carbonyl (C=O) groups is 1. The fourth-order valence-corrected chi connectivity index (χ4v) is 4.15. The molecule has 0 bridgehead atoms. The number of carbonyl (C=O) groups excluding carboxylic acids is 1. The maximum absolute atomic E-state index is 13.0. The van der Waals surface area contributed by atoms with Crippen LogP contribution in [0.25, 0.3) is 0 Å². The van der Waals surface area contributed by atoms with E-state index in [1.54, 1.807) is 0 Å². The minimum atomic E-state index is -4.98. The maximum atomic E-state index is 13.0. The SMILES string of the molecule is CC(C)(C)CCN1CCC2(CC1)CC2NC(=O)c1cc(C(F)(F)F)cc(C(F)(F)F)c1. The highest BCUT2D eigenvalue weighted by molar-refractivity contribution is 5.95. The van der Waals surface area contributed by atoms with E-state index in [1.165, 1.54) is 0 Å². The van der Waals surface area contributed by atoms with Crippen LogP contribution in [-0.4, -0.2) is 36.5 Å². The third kappa shape index (κ3) is 5.93. The number of piperidine rings is 1. The summed E-state index contributed by atoms with van der Waals surface area (Å²) in [6, 6.07) is 0.778. The Labute approximate surface area is 178 Å². The molecular weight excluding hydrogens is 422 g/mol. The van der Waals surface area contributed by atoms with Gasteiger partial charge in [-0.1, -0.05) is 20.8 Å². The number of rotatable bonds is 4. The largest absolute Gasteiger partial charge is 0.416 e. The Hall–Kier alpha value is -1.77. The first kappa shape index (κ1) is 23.9. The fraction of sp³-hybridized carbons (Fsp3) is 0.682. The normalized spacial score (nSPS) is 21.9. The van der Waals surface area contributed by atoms with Gasteiger partial charge in [-0.05, 0) is 74.3 Å². The molecule has 1 aliphatic carbocycles. The van der Waals surface area contributed by atoms with Gasteiger partial charge >= 0.3 is 12.4 Å².